The van der Waals surface area contributed by atoms with Crippen LogP contribution in [0.3, 0.4) is 0 Å². The summed E-state index contributed by atoms with van der Waals surface area (Å²) in [6, 6.07) is 1.47. The second-order valence-corrected chi connectivity index (χ2v) is 7.80. The monoisotopic (exact) mass is 296 g/mol. The summed E-state index contributed by atoms with van der Waals surface area (Å²) in [5.41, 5.74) is -0.0676. The van der Waals surface area contributed by atoms with Crippen LogP contribution in [-0.2, 0) is 0 Å². The van der Waals surface area contributed by atoms with Crippen molar-refractivity contribution in [3.8, 4) is 0 Å². The Hall–Kier alpha value is -0.120. The van der Waals surface area contributed by atoms with E-state index in [-0.39, 0.29) is 12.1 Å². The van der Waals surface area contributed by atoms with Gasteiger partial charge in [-0.25, -0.2) is 0 Å². The van der Waals surface area contributed by atoms with Crippen LogP contribution in [0.15, 0.2) is 0 Å². The smallest absolute Gasteiger partial charge is 0.0610 e. The van der Waals surface area contributed by atoms with E-state index in [0.717, 1.165) is 18.4 Å². The highest BCUT2D eigenvalue weighted by molar-refractivity contribution is 4.92. The Morgan fingerprint density at radius 2 is 1.81 bits per heavy atom. The lowest BCUT2D eigenvalue weighted by Gasteiger charge is -2.35. The topological polar surface area (TPSA) is 35.5 Å². The van der Waals surface area contributed by atoms with Gasteiger partial charge in [0.2, 0.25) is 0 Å². The molecule has 0 aliphatic heterocycles. The maximum Gasteiger partial charge on any atom is 0.0610 e. The van der Waals surface area contributed by atoms with Crippen molar-refractivity contribution in [3.05, 3.63) is 0 Å². The molecular weight excluding hydrogens is 260 g/mol. The number of nitrogens with zero attached hydrogens (tertiary/aromatic N) is 1. The van der Waals surface area contributed by atoms with E-state index in [1.54, 1.807) is 0 Å². The van der Waals surface area contributed by atoms with Crippen LogP contribution >= 0.6 is 0 Å². The van der Waals surface area contributed by atoms with Crippen molar-refractivity contribution in [2.75, 3.05) is 20.2 Å². The van der Waals surface area contributed by atoms with Crippen LogP contribution in [0, 0.1) is 5.92 Å². The summed E-state index contributed by atoms with van der Waals surface area (Å²) >= 11 is 0. The van der Waals surface area contributed by atoms with Crippen molar-refractivity contribution in [1.29, 1.82) is 0 Å². The largest absolute Gasteiger partial charge is 0.394 e. The Labute approximate surface area is 131 Å². The molecule has 0 aromatic rings. The molecule has 1 atom stereocenters. The molecule has 0 aromatic heterocycles. The van der Waals surface area contributed by atoms with Crippen LogP contribution in [0.4, 0.5) is 0 Å². The molecule has 3 heteroatoms. The lowest BCUT2D eigenvalue weighted by atomic mass is 9.84. The molecule has 2 rings (SSSR count). The summed E-state index contributed by atoms with van der Waals surface area (Å²) in [5.74, 6) is 0.982. The minimum atomic E-state index is -0.0676. The van der Waals surface area contributed by atoms with E-state index in [2.05, 4.69) is 31.1 Å². The van der Waals surface area contributed by atoms with Crippen molar-refractivity contribution < 1.29 is 5.11 Å². The number of aliphatic hydroxyl groups excluding tert-OH is 1. The first kappa shape index (κ1) is 17.2. The zero-order valence-corrected chi connectivity index (χ0v) is 14.4. The second kappa shape index (κ2) is 7.94. The quantitative estimate of drug-likeness (QED) is 0.686. The molecule has 0 aromatic carbocycles. The summed E-state index contributed by atoms with van der Waals surface area (Å²) in [4.78, 5) is 2.57. The molecule has 2 aliphatic carbocycles. The molecule has 0 bridgehead atoms. The Morgan fingerprint density at radius 1 is 1.14 bits per heavy atom. The maximum atomic E-state index is 9.66. The van der Waals surface area contributed by atoms with E-state index in [9.17, 15) is 5.11 Å². The Kier molecular flexibility index (Phi) is 6.51. The standard InChI is InChI=1S/C18H36N2O/c1-4-15-6-10-17(11-7-15)20(3)13-5-12-18(2,14-21)19-16-8-9-16/h15-17,19,21H,4-14H2,1-3H3. The van der Waals surface area contributed by atoms with Gasteiger partial charge in [-0.1, -0.05) is 13.3 Å². The van der Waals surface area contributed by atoms with Crippen LogP contribution in [0.25, 0.3) is 0 Å². The second-order valence-electron chi connectivity index (χ2n) is 7.80. The molecule has 0 radical (unpaired) electrons. The Balaban J connectivity index is 1.65. The van der Waals surface area contributed by atoms with Gasteiger partial charge in [0.25, 0.3) is 0 Å². The maximum absolute atomic E-state index is 9.66. The van der Waals surface area contributed by atoms with Crippen molar-refractivity contribution in [1.82, 2.24) is 10.2 Å². The van der Waals surface area contributed by atoms with Gasteiger partial charge in [0.15, 0.2) is 0 Å². The predicted octanol–water partition coefficient (Wildman–Crippen LogP) is 3.17. The Bertz CT molecular complexity index is 298. The molecule has 2 N–H and O–H groups in total. The fraction of sp³-hybridized carbons (Fsp3) is 1.00. The molecule has 0 saturated heterocycles. The van der Waals surface area contributed by atoms with Crippen LogP contribution in [-0.4, -0.2) is 47.8 Å². The van der Waals surface area contributed by atoms with Gasteiger partial charge >= 0.3 is 0 Å². The summed E-state index contributed by atoms with van der Waals surface area (Å²) < 4.78 is 0. The van der Waals surface area contributed by atoms with Gasteiger partial charge in [0.05, 0.1) is 6.61 Å². The van der Waals surface area contributed by atoms with Crippen molar-refractivity contribution in [3.63, 3.8) is 0 Å². The zero-order valence-electron chi connectivity index (χ0n) is 14.4. The van der Waals surface area contributed by atoms with Gasteiger partial charge in [0, 0.05) is 17.6 Å². The number of rotatable bonds is 9. The first-order valence-corrected chi connectivity index (χ1v) is 9.15. The van der Waals surface area contributed by atoms with Crippen LogP contribution in [0.2, 0.25) is 0 Å². The minimum absolute atomic E-state index is 0.0676. The molecular formula is C18H36N2O. The molecule has 1 unspecified atom stereocenters. The highest BCUT2D eigenvalue weighted by atomic mass is 16.3. The van der Waals surface area contributed by atoms with Crippen LogP contribution < -0.4 is 5.32 Å². The van der Waals surface area contributed by atoms with E-state index in [1.165, 1.54) is 57.9 Å². The summed E-state index contributed by atoms with van der Waals surface area (Å²) in [6.45, 7) is 5.94. The molecule has 0 amide bonds. The van der Waals surface area contributed by atoms with Gasteiger partial charge < -0.3 is 15.3 Å². The Morgan fingerprint density at radius 3 is 2.33 bits per heavy atom. The van der Waals surface area contributed by atoms with Gasteiger partial charge in [-0.05, 0) is 77.8 Å². The minimum Gasteiger partial charge on any atom is -0.394 e. The molecule has 21 heavy (non-hydrogen) atoms. The normalized spacial score (nSPS) is 29.6. The molecule has 2 aliphatic rings. The molecule has 0 heterocycles. The third-order valence-corrected chi connectivity index (χ3v) is 5.74. The van der Waals surface area contributed by atoms with E-state index in [1.807, 2.05) is 0 Å². The van der Waals surface area contributed by atoms with E-state index >= 15 is 0 Å². The van der Waals surface area contributed by atoms with Gasteiger partial charge in [-0.15, -0.1) is 0 Å². The summed E-state index contributed by atoms with van der Waals surface area (Å²) in [6.07, 6.45) is 11.8. The average molecular weight is 296 g/mol. The number of hydrogen-bond donors (Lipinski definition) is 2. The predicted molar refractivity (Wildman–Crippen MR) is 89.5 cm³/mol. The zero-order chi connectivity index (χ0) is 15.3. The van der Waals surface area contributed by atoms with Gasteiger partial charge in [-0.2, -0.15) is 0 Å². The van der Waals surface area contributed by atoms with E-state index in [4.69, 9.17) is 0 Å². The van der Waals surface area contributed by atoms with Crippen molar-refractivity contribution in [2.45, 2.75) is 89.3 Å². The van der Waals surface area contributed by atoms with E-state index in [0.29, 0.717) is 6.04 Å². The fourth-order valence-corrected chi connectivity index (χ4v) is 3.81. The lowest BCUT2D eigenvalue weighted by Crippen LogP contribution is -2.47. The third-order valence-electron chi connectivity index (χ3n) is 5.74. The first-order valence-electron chi connectivity index (χ1n) is 9.15. The molecule has 2 fully saturated rings. The van der Waals surface area contributed by atoms with Crippen molar-refractivity contribution >= 4 is 0 Å². The molecule has 0 spiro atoms. The van der Waals surface area contributed by atoms with Crippen LogP contribution in [0.5, 0.6) is 0 Å². The number of aliphatic hydroxyl groups is 1. The van der Waals surface area contributed by atoms with E-state index < -0.39 is 0 Å². The summed E-state index contributed by atoms with van der Waals surface area (Å²) in [7, 11) is 2.29. The number of nitrogens with one attached hydrogen (secondary N) is 1. The third kappa shape index (κ3) is 5.54. The van der Waals surface area contributed by atoms with Crippen LogP contribution in [0.1, 0.15) is 71.6 Å². The fourth-order valence-electron chi connectivity index (χ4n) is 3.81. The molecule has 124 valence electrons. The summed E-state index contributed by atoms with van der Waals surface area (Å²) in [5, 5.41) is 13.3. The molecule has 3 nitrogen and oxygen atoms in total. The van der Waals surface area contributed by atoms with Gasteiger partial charge in [-0.3, -0.25) is 0 Å². The lowest BCUT2D eigenvalue weighted by molar-refractivity contribution is 0.137. The first-order chi connectivity index (χ1) is 10.1. The SMILES string of the molecule is CCC1CCC(N(C)CCCC(C)(CO)NC2CC2)CC1. The molecule has 2 saturated carbocycles. The average Bonchev–Trinajstić information content (AvgIpc) is 3.31. The van der Waals surface area contributed by atoms with Gasteiger partial charge in [0.1, 0.15) is 0 Å². The number of hydrogen-bond acceptors (Lipinski definition) is 3. The van der Waals surface area contributed by atoms with Crippen molar-refractivity contribution in [2.24, 2.45) is 5.92 Å². The highest BCUT2D eigenvalue weighted by Crippen LogP contribution is 2.29. The highest BCUT2D eigenvalue weighted by Gasteiger charge is 2.31.